The fourth-order valence-electron chi connectivity index (χ4n) is 2.25. The molecule has 2 aromatic rings. The van der Waals surface area contributed by atoms with Gasteiger partial charge in [-0.15, -0.1) is 10.2 Å². The number of aromatic nitrogens is 5. The Kier molecular flexibility index (Phi) is 3.89. The summed E-state index contributed by atoms with van der Waals surface area (Å²) in [5, 5.41) is 16.8. The fourth-order valence-corrected chi connectivity index (χ4v) is 2.25. The number of aromatic amines is 1. The SMILES string of the molecule is CCC(Cc1nn[nH]n1)NC(=O)c1ccnc(C2CC2)c1. The van der Waals surface area contributed by atoms with Gasteiger partial charge in [-0.2, -0.15) is 5.21 Å². The van der Waals surface area contributed by atoms with Gasteiger partial charge in [0.05, 0.1) is 0 Å². The third-order valence-electron chi connectivity index (χ3n) is 3.69. The number of tetrazole rings is 1. The molecule has 0 bridgehead atoms. The van der Waals surface area contributed by atoms with Gasteiger partial charge in [0.25, 0.3) is 5.91 Å². The van der Waals surface area contributed by atoms with Gasteiger partial charge in [0.1, 0.15) is 0 Å². The van der Waals surface area contributed by atoms with E-state index in [0.717, 1.165) is 12.1 Å². The van der Waals surface area contributed by atoms with E-state index in [2.05, 4.69) is 30.9 Å². The summed E-state index contributed by atoms with van der Waals surface area (Å²) in [6, 6.07) is 3.64. The summed E-state index contributed by atoms with van der Waals surface area (Å²) in [5.74, 6) is 1.07. The topological polar surface area (TPSA) is 96.5 Å². The molecule has 1 saturated carbocycles. The van der Waals surface area contributed by atoms with E-state index in [0.29, 0.717) is 23.7 Å². The van der Waals surface area contributed by atoms with Crippen molar-refractivity contribution in [1.29, 1.82) is 0 Å². The van der Waals surface area contributed by atoms with E-state index in [1.807, 2.05) is 13.0 Å². The molecule has 0 aliphatic heterocycles. The summed E-state index contributed by atoms with van der Waals surface area (Å²) in [7, 11) is 0. The number of carbonyl (C=O) groups excluding carboxylic acids is 1. The largest absolute Gasteiger partial charge is 0.349 e. The van der Waals surface area contributed by atoms with E-state index in [4.69, 9.17) is 0 Å². The average Bonchev–Trinajstić information content (AvgIpc) is 3.25. The smallest absolute Gasteiger partial charge is 0.251 e. The Bertz CT molecular complexity index is 608. The Morgan fingerprint density at radius 1 is 1.52 bits per heavy atom. The summed E-state index contributed by atoms with van der Waals surface area (Å²) in [6.07, 6.45) is 5.43. The molecule has 0 saturated heterocycles. The number of carbonyl (C=O) groups is 1. The highest BCUT2D eigenvalue weighted by Crippen LogP contribution is 2.38. The molecule has 2 N–H and O–H groups in total. The summed E-state index contributed by atoms with van der Waals surface area (Å²) >= 11 is 0. The highest BCUT2D eigenvalue weighted by molar-refractivity contribution is 5.94. The molecule has 21 heavy (non-hydrogen) atoms. The molecule has 7 heteroatoms. The first-order valence-electron chi connectivity index (χ1n) is 7.25. The summed E-state index contributed by atoms with van der Waals surface area (Å²) < 4.78 is 0. The van der Waals surface area contributed by atoms with E-state index < -0.39 is 0 Å². The molecule has 1 fully saturated rings. The van der Waals surface area contributed by atoms with Crippen molar-refractivity contribution in [3.8, 4) is 0 Å². The van der Waals surface area contributed by atoms with Crippen LogP contribution in [0, 0.1) is 0 Å². The van der Waals surface area contributed by atoms with Gasteiger partial charge in [-0.25, -0.2) is 0 Å². The minimum absolute atomic E-state index is 0.00681. The first-order chi connectivity index (χ1) is 10.3. The van der Waals surface area contributed by atoms with Crippen molar-refractivity contribution in [3.05, 3.63) is 35.4 Å². The van der Waals surface area contributed by atoms with Gasteiger partial charge in [0, 0.05) is 35.8 Å². The van der Waals surface area contributed by atoms with Crippen LogP contribution in [0.25, 0.3) is 0 Å². The second-order valence-corrected chi connectivity index (χ2v) is 5.35. The Morgan fingerprint density at radius 2 is 2.38 bits per heavy atom. The molecule has 1 amide bonds. The number of H-pyrrole nitrogens is 1. The van der Waals surface area contributed by atoms with Gasteiger partial charge in [0.2, 0.25) is 0 Å². The van der Waals surface area contributed by atoms with Crippen LogP contribution >= 0.6 is 0 Å². The second-order valence-electron chi connectivity index (χ2n) is 5.35. The Hall–Kier alpha value is -2.31. The molecular formula is C14H18N6O. The predicted octanol–water partition coefficient (Wildman–Crippen LogP) is 1.22. The zero-order valence-corrected chi connectivity index (χ0v) is 11.9. The minimum atomic E-state index is -0.0744. The molecule has 1 atom stereocenters. The first-order valence-corrected chi connectivity index (χ1v) is 7.25. The zero-order valence-electron chi connectivity index (χ0n) is 11.9. The van der Waals surface area contributed by atoms with Crippen molar-refractivity contribution in [3.63, 3.8) is 0 Å². The third kappa shape index (κ3) is 3.42. The number of amides is 1. The average molecular weight is 286 g/mol. The predicted molar refractivity (Wildman–Crippen MR) is 75.6 cm³/mol. The van der Waals surface area contributed by atoms with Crippen LogP contribution in [-0.2, 0) is 6.42 Å². The number of nitrogens with zero attached hydrogens (tertiary/aromatic N) is 4. The van der Waals surface area contributed by atoms with E-state index in [1.54, 1.807) is 12.3 Å². The first kappa shape index (κ1) is 13.7. The second kappa shape index (κ2) is 5.99. The molecule has 2 heterocycles. The standard InChI is InChI=1S/C14H18N6O/c1-2-11(8-13-17-19-20-18-13)16-14(21)10-5-6-15-12(7-10)9-3-4-9/h5-7,9,11H,2-4,8H2,1H3,(H,16,21)(H,17,18,19,20). The summed E-state index contributed by atoms with van der Waals surface area (Å²) in [5.41, 5.74) is 1.69. The number of nitrogens with one attached hydrogen (secondary N) is 2. The third-order valence-corrected chi connectivity index (χ3v) is 3.69. The van der Waals surface area contributed by atoms with Crippen LogP contribution in [0.2, 0.25) is 0 Å². The normalized spacial score (nSPS) is 15.7. The van der Waals surface area contributed by atoms with Crippen molar-refractivity contribution < 1.29 is 4.79 Å². The summed E-state index contributed by atoms with van der Waals surface area (Å²) in [6.45, 7) is 2.02. The number of hydrogen-bond acceptors (Lipinski definition) is 5. The van der Waals surface area contributed by atoms with Crippen LogP contribution in [0.15, 0.2) is 18.3 Å². The molecule has 1 unspecified atom stereocenters. The lowest BCUT2D eigenvalue weighted by Gasteiger charge is -2.15. The van der Waals surface area contributed by atoms with Gasteiger partial charge in [-0.05, 0) is 31.4 Å². The maximum atomic E-state index is 12.3. The van der Waals surface area contributed by atoms with Crippen molar-refractivity contribution >= 4 is 5.91 Å². The lowest BCUT2D eigenvalue weighted by molar-refractivity contribution is 0.0935. The summed E-state index contributed by atoms with van der Waals surface area (Å²) in [4.78, 5) is 16.7. The van der Waals surface area contributed by atoms with Crippen LogP contribution in [0.3, 0.4) is 0 Å². The number of hydrogen-bond donors (Lipinski definition) is 2. The van der Waals surface area contributed by atoms with Crippen molar-refractivity contribution in [2.75, 3.05) is 0 Å². The van der Waals surface area contributed by atoms with Crippen LogP contribution in [-0.4, -0.2) is 37.6 Å². The van der Waals surface area contributed by atoms with Gasteiger partial charge >= 0.3 is 0 Å². The van der Waals surface area contributed by atoms with Crippen molar-refractivity contribution in [2.45, 2.75) is 44.6 Å². The molecule has 110 valence electrons. The maximum absolute atomic E-state index is 12.3. The van der Waals surface area contributed by atoms with Gasteiger partial charge in [0.15, 0.2) is 5.82 Å². The Balaban J connectivity index is 1.65. The van der Waals surface area contributed by atoms with Crippen LogP contribution in [0.4, 0.5) is 0 Å². The zero-order chi connectivity index (χ0) is 14.7. The van der Waals surface area contributed by atoms with Gasteiger partial charge < -0.3 is 5.32 Å². The lowest BCUT2D eigenvalue weighted by Crippen LogP contribution is -2.36. The Morgan fingerprint density at radius 3 is 3.05 bits per heavy atom. The molecule has 3 rings (SSSR count). The maximum Gasteiger partial charge on any atom is 0.251 e. The van der Waals surface area contributed by atoms with Crippen molar-refractivity contribution in [2.24, 2.45) is 0 Å². The molecule has 1 aliphatic rings. The van der Waals surface area contributed by atoms with Gasteiger partial charge in [-0.3, -0.25) is 9.78 Å². The van der Waals surface area contributed by atoms with Gasteiger partial charge in [-0.1, -0.05) is 12.1 Å². The quantitative estimate of drug-likeness (QED) is 0.832. The highest BCUT2D eigenvalue weighted by atomic mass is 16.1. The van der Waals surface area contributed by atoms with Crippen LogP contribution in [0.1, 0.15) is 54.0 Å². The molecule has 1 aliphatic carbocycles. The lowest BCUT2D eigenvalue weighted by atomic mass is 10.1. The van der Waals surface area contributed by atoms with Crippen LogP contribution in [0.5, 0.6) is 0 Å². The van der Waals surface area contributed by atoms with E-state index >= 15 is 0 Å². The number of rotatable bonds is 6. The van der Waals surface area contributed by atoms with Crippen molar-refractivity contribution in [1.82, 2.24) is 30.9 Å². The van der Waals surface area contributed by atoms with E-state index in [1.165, 1.54) is 12.8 Å². The molecule has 0 spiro atoms. The highest BCUT2D eigenvalue weighted by Gasteiger charge is 2.25. The minimum Gasteiger partial charge on any atom is -0.349 e. The number of pyridine rings is 1. The monoisotopic (exact) mass is 286 g/mol. The fraction of sp³-hybridized carbons (Fsp3) is 0.500. The molecule has 2 aromatic heterocycles. The van der Waals surface area contributed by atoms with E-state index in [-0.39, 0.29) is 11.9 Å². The Labute approximate surface area is 122 Å². The molecule has 7 nitrogen and oxygen atoms in total. The molecule has 0 radical (unpaired) electrons. The molecular weight excluding hydrogens is 268 g/mol. The molecule has 0 aromatic carbocycles. The van der Waals surface area contributed by atoms with Crippen LogP contribution < -0.4 is 5.32 Å². The van der Waals surface area contributed by atoms with E-state index in [9.17, 15) is 4.79 Å².